The van der Waals surface area contributed by atoms with E-state index in [9.17, 15) is 9.59 Å². The second kappa shape index (κ2) is 6.12. The zero-order valence-electron chi connectivity index (χ0n) is 9.01. The van der Waals surface area contributed by atoms with Crippen LogP contribution in [0.15, 0.2) is 12.2 Å². The normalized spacial score (nSPS) is 21.9. The molecule has 0 aromatic carbocycles. The number of carboxylic acid groups (broad SMARTS) is 1. The zero-order valence-corrected chi connectivity index (χ0v) is 9.01. The number of carbonyl (C=O) groups excluding carboxylic acids is 1. The molecule has 2 atom stereocenters. The fraction of sp³-hybridized carbons (Fsp3) is 0.600. The molecule has 6 heteroatoms. The number of carboxylic acids is 1. The van der Waals surface area contributed by atoms with Crippen LogP contribution in [-0.2, 0) is 14.3 Å². The maximum Gasteiger partial charge on any atom is 0.407 e. The van der Waals surface area contributed by atoms with E-state index >= 15 is 0 Å². The lowest BCUT2D eigenvalue weighted by atomic mass is 10.0. The van der Waals surface area contributed by atoms with Gasteiger partial charge in [0.1, 0.15) is 6.04 Å². The first kappa shape index (κ1) is 12.5. The maximum absolute atomic E-state index is 11.0. The van der Waals surface area contributed by atoms with Gasteiger partial charge in [-0.1, -0.05) is 12.2 Å². The van der Waals surface area contributed by atoms with Crippen molar-refractivity contribution in [1.82, 2.24) is 5.32 Å². The molecule has 0 aliphatic carbocycles. The minimum Gasteiger partial charge on any atom is -0.480 e. The van der Waals surface area contributed by atoms with E-state index in [-0.39, 0.29) is 12.5 Å². The van der Waals surface area contributed by atoms with E-state index in [0.29, 0.717) is 6.61 Å². The van der Waals surface area contributed by atoms with E-state index in [2.05, 4.69) is 10.1 Å². The van der Waals surface area contributed by atoms with Crippen LogP contribution in [0.1, 0.15) is 6.42 Å². The standard InChI is InChI=1S/C10H15NO5/c1-15-10(14)11-8(9(12)13)7-4-2-3-5-16-6-7/h2,4,7-8H,3,5-6H2,1H3,(H,11,14)(H,12,13)/t7-,8-/m1/s1. The second-order valence-electron chi connectivity index (χ2n) is 3.41. The Morgan fingerprint density at radius 1 is 1.62 bits per heavy atom. The topological polar surface area (TPSA) is 84.9 Å². The van der Waals surface area contributed by atoms with Crippen LogP contribution in [0.3, 0.4) is 0 Å². The molecule has 6 nitrogen and oxygen atoms in total. The van der Waals surface area contributed by atoms with Crippen molar-refractivity contribution in [2.24, 2.45) is 5.92 Å². The lowest BCUT2D eigenvalue weighted by Gasteiger charge is -2.20. The predicted molar refractivity (Wildman–Crippen MR) is 55.0 cm³/mol. The van der Waals surface area contributed by atoms with Crippen molar-refractivity contribution < 1.29 is 24.2 Å². The number of carbonyl (C=O) groups is 2. The first-order chi connectivity index (χ1) is 7.65. The molecule has 0 radical (unpaired) electrons. The number of hydrogen-bond acceptors (Lipinski definition) is 4. The molecule has 0 spiro atoms. The Hall–Kier alpha value is -1.56. The van der Waals surface area contributed by atoms with Gasteiger partial charge < -0.3 is 19.9 Å². The highest BCUT2D eigenvalue weighted by Gasteiger charge is 2.29. The summed E-state index contributed by atoms with van der Waals surface area (Å²) in [5.74, 6) is -1.48. The van der Waals surface area contributed by atoms with E-state index in [1.807, 2.05) is 6.08 Å². The van der Waals surface area contributed by atoms with E-state index in [4.69, 9.17) is 9.84 Å². The van der Waals surface area contributed by atoms with Crippen LogP contribution < -0.4 is 5.32 Å². The predicted octanol–water partition coefficient (Wildman–Crippen LogP) is 0.388. The lowest BCUT2D eigenvalue weighted by molar-refractivity contribution is -0.140. The molecular weight excluding hydrogens is 214 g/mol. The number of ether oxygens (including phenoxy) is 2. The molecule has 1 aliphatic heterocycles. The Balaban J connectivity index is 2.67. The Labute approximate surface area is 93.2 Å². The van der Waals surface area contributed by atoms with Crippen molar-refractivity contribution in [3.8, 4) is 0 Å². The number of nitrogens with one attached hydrogen (secondary N) is 1. The maximum atomic E-state index is 11.0. The van der Waals surface area contributed by atoms with Crippen LogP contribution >= 0.6 is 0 Å². The molecule has 0 unspecified atom stereocenters. The lowest BCUT2D eigenvalue weighted by Crippen LogP contribution is -2.46. The summed E-state index contributed by atoms with van der Waals surface area (Å²) in [5, 5.41) is 11.3. The number of hydrogen-bond donors (Lipinski definition) is 2. The number of methoxy groups -OCH3 is 1. The van der Waals surface area contributed by atoms with Gasteiger partial charge >= 0.3 is 12.1 Å². The molecule has 0 bridgehead atoms. The third-order valence-electron chi connectivity index (χ3n) is 2.28. The fourth-order valence-electron chi connectivity index (χ4n) is 1.44. The molecule has 1 heterocycles. The highest BCUT2D eigenvalue weighted by molar-refractivity contribution is 5.80. The van der Waals surface area contributed by atoms with Gasteiger partial charge in [-0.2, -0.15) is 0 Å². The van der Waals surface area contributed by atoms with Gasteiger partial charge in [0.2, 0.25) is 0 Å². The van der Waals surface area contributed by atoms with Crippen LogP contribution in [-0.4, -0.2) is 43.5 Å². The molecule has 0 saturated carbocycles. The number of amides is 1. The fourth-order valence-corrected chi connectivity index (χ4v) is 1.44. The minimum atomic E-state index is -1.11. The van der Waals surface area contributed by atoms with Gasteiger partial charge in [0.05, 0.1) is 20.3 Å². The van der Waals surface area contributed by atoms with Gasteiger partial charge in [-0.05, 0) is 6.42 Å². The van der Waals surface area contributed by atoms with Gasteiger partial charge in [0.25, 0.3) is 0 Å². The summed E-state index contributed by atoms with van der Waals surface area (Å²) < 4.78 is 9.61. The minimum absolute atomic E-state index is 0.275. The molecule has 0 fully saturated rings. The van der Waals surface area contributed by atoms with E-state index < -0.39 is 18.1 Å². The van der Waals surface area contributed by atoms with Gasteiger partial charge in [-0.3, -0.25) is 0 Å². The molecule has 2 N–H and O–H groups in total. The molecule has 1 aliphatic rings. The summed E-state index contributed by atoms with van der Waals surface area (Å²) in [6.07, 6.45) is 3.60. The molecular formula is C10H15NO5. The average molecular weight is 229 g/mol. The number of aliphatic carboxylic acids is 1. The first-order valence-corrected chi connectivity index (χ1v) is 4.97. The van der Waals surface area contributed by atoms with E-state index in [0.717, 1.165) is 6.42 Å². The van der Waals surface area contributed by atoms with Crippen molar-refractivity contribution in [1.29, 1.82) is 0 Å². The van der Waals surface area contributed by atoms with Crippen LogP contribution in [0.2, 0.25) is 0 Å². The summed E-state index contributed by atoms with van der Waals surface area (Å²) in [7, 11) is 1.19. The number of alkyl carbamates (subject to hydrolysis) is 1. The van der Waals surface area contributed by atoms with Crippen LogP contribution in [0, 0.1) is 5.92 Å². The van der Waals surface area contributed by atoms with Crippen molar-refractivity contribution in [2.45, 2.75) is 12.5 Å². The molecule has 0 saturated heterocycles. The summed E-state index contributed by atoms with van der Waals surface area (Å²) >= 11 is 0. The van der Waals surface area contributed by atoms with Crippen LogP contribution in [0.5, 0.6) is 0 Å². The van der Waals surface area contributed by atoms with E-state index in [1.165, 1.54) is 7.11 Å². The molecule has 16 heavy (non-hydrogen) atoms. The van der Waals surface area contributed by atoms with Crippen molar-refractivity contribution in [3.63, 3.8) is 0 Å². The zero-order chi connectivity index (χ0) is 12.0. The number of rotatable bonds is 3. The SMILES string of the molecule is COC(=O)N[C@@H](C(=O)O)[C@@H]1C=CCCOC1. The summed E-state index contributed by atoms with van der Waals surface area (Å²) in [6.45, 7) is 0.842. The summed E-state index contributed by atoms with van der Waals surface area (Å²) in [5.41, 5.74) is 0. The Bertz CT molecular complexity index is 289. The molecule has 0 aromatic rings. The van der Waals surface area contributed by atoms with Gasteiger partial charge in [0, 0.05) is 5.92 Å². The van der Waals surface area contributed by atoms with Crippen LogP contribution in [0.4, 0.5) is 4.79 Å². The summed E-state index contributed by atoms with van der Waals surface area (Å²) in [6, 6.07) is -1.03. The third-order valence-corrected chi connectivity index (χ3v) is 2.28. The quantitative estimate of drug-likeness (QED) is 0.684. The Kier molecular flexibility index (Phi) is 4.78. The van der Waals surface area contributed by atoms with Gasteiger partial charge in [-0.25, -0.2) is 9.59 Å². The van der Waals surface area contributed by atoms with Crippen molar-refractivity contribution >= 4 is 12.1 Å². The smallest absolute Gasteiger partial charge is 0.407 e. The molecule has 1 rings (SSSR count). The van der Waals surface area contributed by atoms with Gasteiger partial charge in [0.15, 0.2) is 0 Å². The van der Waals surface area contributed by atoms with E-state index in [1.54, 1.807) is 6.08 Å². The van der Waals surface area contributed by atoms with Crippen LogP contribution in [0.25, 0.3) is 0 Å². The molecule has 90 valence electrons. The summed E-state index contributed by atoms with van der Waals surface area (Å²) in [4.78, 5) is 22.0. The van der Waals surface area contributed by atoms with Crippen molar-refractivity contribution in [3.05, 3.63) is 12.2 Å². The molecule has 0 aromatic heterocycles. The second-order valence-corrected chi connectivity index (χ2v) is 3.41. The average Bonchev–Trinajstić information content (AvgIpc) is 2.53. The highest BCUT2D eigenvalue weighted by Crippen LogP contribution is 2.12. The van der Waals surface area contributed by atoms with Gasteiger partial charge in [-0.15, -0.1) is 0 Å². The highest BCUT2D eigenvalue weighted by atomic mass is 16.5. The van der Waals surface area contributed by atoms with Crippen molar-refractivity contribution in [2.75, 3.05) is 20.3 Å². The third kappa shape index (κ3) is 3.54. The first-order valence-electron chi connectivity index (χ1n) is 4.97. The molecule has 1 amide bonds. The Morgan fingerprint density at radius 2 is 2.38 bits per heavy atom. The largest absolute Gasteiger partial charge is 0.480 e. The monoisotopic (exact) mass is 229 g/mol. The Morgan fingerprint density at radius 3 is 3.00 bits per heavy atom.